The summed E-state index contributed by atoms with van der Waals surface area (Å²) in [6.07, 6.45) is 4.59. The molecule has 6 nitrogen and oxygen atoms in total. The van der Waals surface area contributed by atoms with E-state index in [-0.39, 0.29) is 30.7 Å². The minimum Gasteiger partial charge on any atom is -0.337 e. The number of benzene rings is 1. The van der Waals surface area contributed by atoms with Crippen molar-refractivity contribution in [3.8, 4) is 5.69 Å². The lowest BCUT2D eigenvalue weighted by Gasteiger charge is -2.17. The Kier molecular flexibility index (Phi) is 5.69. The Morgan fingerprint density at radius 3 is 2.70 bits per heavy atom. The van der Waals surface area contributed by atoms with Crippen LogP contribution >= 0.6 is 24.8 Å². The molecule has 27 heavy (non-hydrogen) atoms. The lowest BCUT2D eigenvalue weighted by atomic mass is 10.1. The normalized spacial score (nSPS) is 20.8. The zero-order chi connectivity index (χ0) is 16.8. The van der Waals surface area contributed by atoms with Crippen molar-refractivity contribution in [1.29, 1.82) is 0 Å². The monoisotopic (exact) mass is 405 g/mol. The topological polar surface area (TPSA) is 63.1 Å². The van der Waals surface area contributed by atoms with E-state index in [4.69, 9.17) is 0 Å². The summed E-state index contributed by atoms with van der Waals surface area (Å²) in [5, 5.41) is 3.48. The number of amides is 1. The van der Waals surface area contributed by atoms with Gasteiger partial charge in [-0.3, -0.25) is 9.36 Å². The van der Waals surface area contributed by atoms with Crippen LogP contribution in [0.4, 0.5) is 0 Å². The summed E-state index contributed by atoms with van der Waals surface area (Å²) in [6, 6.07) is 12.3. The SMILES string of the molecule is Cl.Cl.O=C(c1cnc2c(c1)ncn2-c1ccccc1)N1C[C@@H]2CCN[C@@H]2C1. The summed E-state index contributed by atoms with van der Waals surface area (Å²) in [5.41, 5.74) is 3.13. The van der Waals surface area contributed by atoms with Crippen molar-refractivity contribution in [1.82, 2.24) is 24.8 Å². The number of nitrogens with one attached hydrogen (secondary N) is 1. The fourth-order valence-corrected chi connectivity index (χ4v) is 3.99. The molecule has 4 heterocycles. The van der Waals surface area contributed by atoms with Crippen molar-refractivity contribution < 1.29 is 4.79 Å². The molecule has 0 bridgehead atoms. The van der Waals surface area contributed by atoms with Crippen LogP contribution in [0.2, 0.25) is 0 Å². The van der Waals surface area contributed by atoms with E-state index < -0.39 is 0 Å². The summed E-state index contributed by atoms with van der Waals surface area (Å²) in [7, 11) is 0. The molecule has 8 heteroatoms. The highest BCUT2D eigenvalue weighted by molar-refractivity contribution is 5.96. The van der Waals surface area contributed by atoms with Gasteiger partial charge in [0.1, 0.15) is 11.8 Å². The summed E-state index contributed by atoms with van der Waals surface area (Å²) >= 11 is 0. The number of halogens is 2. The molecule has 2 saturated heterocycles. The van der Waals surface area contributed by atoms with Crippen LogP contribution in [-0.4, -0.2) is 51.0 Å². The zero-order valence-electron chi connectivity index (χ0n) is 14.6. The number of pyridine rings is 1. The van der Waals surface area contributed by atoms with Gasteiger partial charge >= 0.3 is 0 Å². The van der Waals surface area contributed by atoms with E-state index in [0.29, 0.717) is 17.5 Å². The van der Waals surface area contributed by atoms with Crippen LogP contribution in [0, 0.1) is 5.92 Å². The first kappa shape index (κ1) is 19.6. The summed E-state index contributed by atoms with van der Waals surface area (Å²) < 4.78 is 1.94. The lowest BCUT2D eigenvalue weighted by Crippen LogP contribution is -2.34. The maximum absolute atomic E-state index is 12.8. The summed E-state index contributed by atoms with van der Waals surface area (Å²) in [4.78, 5) is 23.7. The van der Waals surface area contributed by atoms with E-state index in [1.54, 1.807) is 12.5 Å². The Hall–Kier alpha value is -2.15. The van der Waals surface area contributed by atoms with Crippen LogP contribution in [0.1, 0.15) is 16.8 Å². The molecule has 3 aromatic rings. The van der Waals surface area contributed by atoms with Crippen LogP contribution in [0.15, 0.2) is 48.9 Å². The molecule has 0 radical (unpaired) electrons. The smallest absolute Gasteiger partial charge is 0.255 e. The highest BCUT2D eigenvalue weighted by Gasteiger charge is 2.38. The Morgan fingerprint density at radius 2 is 1.93 bits per heavy atom. The highest BCUT2D eigenvalue weighted by Crippen LogP contribution is 2.26. The minimum absolute atomic E-state index is 0. The predicted molar refractivity (Wildman–Crippen MR) is 109 cm³/mol. The fourth-order valence-electron chi connectivity index (χ4n) is 3.99. The fraction of sp³-hybridized carbons (Fsp3) is 0.316. The first-order valence-corrected chi connectivity index (χ1v) is 8.71. The second-order valence-corrected chi connectivity index (χ2v) is 6.84. The van der Waals surface area contributed by atoms with E-state index in [0.717, 1.165) is 42.9 Å². The molecule has 1 amide bonds. The number of imidazole rings is 1. The molecule has 2 atom stereocenters. The van der Waals surface area contributed by atoms with Gasteiger partial charge in [0.2, 0.25) is 0 Å². The van der Waals surface area contributed by atoms with Gasteiger partial charge in [-0.25, -0.2) is 9.97 Å². The van der Waals surface area contributed by atoms with E-state index in [2.05, 4.69) is 15.3 Å². The Balaban J connectivity index is 0.00000105. The van der Waals surface area contributed by atoms with Crippen molar-refractivity contribution in [2.24, 2.45) is 5.92 Å². The molecule has 2 aliphatic heterocycles. The first-order chi connectivity index (χ1) is 12.3. The molecule has 5 rings (SSSR count). The van der Waals surface area contributed by atoms with Gasteiger partial charge in [0.25, 0.3) is 5.91 Å². The third-order valence-corrected chi connectivity index (χ3v) is 5.32. The van der Waals surface area contributed by atoms with Crippen molar-refractivity contribution >= 4 is 41.9 Å². The van der Waals surface area contributed by atoms with Crippen LogP contribution in [-0.2, 0) is 0 Å². The van der Waals surface area contributed by atoms with Crippen molar-refractivity contribution in [2.45, 2.75) is 12.5 Å². The Bertz CT molecular complexity index is 934. The predicted octanol–water partition coefficient (Wildman–Crippen LogP) is 2.70. The molecule has 1 N–H and O–H groups in total. The van der Waals surface area contributed by atoms with Gasteiger partial charge in [-0.1, -0.05) is 18.2 Å². The molecular weight excluding hydrogens is 385 g/mol. The molecule has 2 aliphatic rings. The van der Waals surface area contributed by atoms with Crippen molar-refractivity contribution in [3.63, 3.8) is 0 Å². The average Bonchev–Trinajstić information content (AvgIpc) is 3.35. The number of hydrogen-bond acceptors (Lipinski definition) is 4. The van der Waals surface area contributed by atoms with E-state index in [1.165, 1.54) is 0 Å². The standard InChI is InChI=1S/C19H19N5O.2ClH/c25-19(23-10-13-6-7-20-17(13)11-23)14-8-16-18(21-9-14)24(12-22-16)15-4-2-1-3-5-15;;/h1-5,8-9,12-13,17,20H,6-7,10-11H2;2*1H/t13-,17+;;/m0../s1. The number of fused-ring (bicyclic) bond motifs is 2. The summed E-state index contributed by atoms with van der Waals surface area (Å²) in [5.74, 6) is 0.651. The Labute approximate surface area is 169 Å². The number of rotatable bonds is 2. The number of hydrogen-bond donors (Lipinski definition) is 1. The maximum atomic E-state index is 12.8. The third kappa shape index (κ3) is 3.40. The van der Waals surface area contributed by atoms with Gasteiger partial charge in [-0.15, -0.1) is 24.8 Å². The van der Waals surface area contributed by atoms with Crippen LogP contribution < -0.4 is 5.32 Å². The molecule has 1 aromatic carbocycles. The van der Waals surface area contributed by atoms with Crippen LogP contribution in [0.25, 0.3) is 16.9 Å². The molecule has 2 fully saturated rings. The first-order valence-electron chi connectivity index (χ1n) is 8.71. The number of nitrogens with zero attached hydrogens (tertiary/aromatic N) is 4. The Morgan fingerprint density at radius 1 is 1.11 bits per heavy atom. The third-order valence-electron chi connectivity index (χ3n) is 5.32. The quantitative estimate of drug-likeness (QED) is 0.711. The zero-order valence-corrected chi connectivity index (χ0v) is 16.2. The molecule has 0 aliphatic carbocycles. The molecular formula is C19H21Cl2N5O. The largest absolute Gasteiger partial charge is 0.337 e. The number of para-hydroxylation sites is 1. The highest BCUT2D eigenvalue weighted by atomic mass is 35.5. The van der Waals surface area contributed by atoms with Gasteiger partial charge in [0.05, 0.1) is 5.56 Å². The number of carbonyl (C=O) groups is 1. The number of likely N-dealkylation sites (tertiary alicyclic amines) is 1. The van der Waals surface area contributed by atoms with Crippen molar-refractivity contribution in [2.75, 3.05) is 19.6 Å². The van der Waals surface area contributed by atoms with Gasteiger partial charge < -0.3 is 10.2 Å². The van der Waals surface area contributed by atoms with Gasteiger partial charge in [-0.2, -0.15) is 0 Å². The molecule has 0 saturated carbocycles. The average molecular weight is 406 g/mol. The van der Waals surface area contributed by atoms with Crippen molar-refractivity contribution in [3.05, 3.63) is 54.5 Å². The van der Waals surface area contributed by atoms with Gasteiger partial charge in [-0.05, 0) is 37.1 Å². The molecule has 0 unspecified atom stereocenters. The molecule has 142 valence electrons. The second kappa shape index (κ2) is 7.84. The molecule has 0 spiro atoms. The molecule has 2 aromatic heterocycles. The maximum Gasteiger partial charge on any atom is 0.255 e. The number of aromatic nitrogens is 3. The van der Waals surface area contributed by atoms with Gasteiger partial charge in [0.15, 0.2) is 5.65 Å². The summed E-state index contributed by atoms with van der Waals surface area (Å²) in [6.45, 7) is 2.70. The van der Waals surface area contributed by atoms with Gasteiger partial charge in [0, 0.05) is 31.0 Å². The van der Waals surface area contributed by atoms with E-state index in [9.17, 15) is 4.79 Å². The van der Waals surface area contributed by atoms with Crippen LogP contribution in [0.3, 0.4) is 0 Å². The lowest BCUT2D eigenvalue weighted by molar-refractivity contribution is 0.0782. The minimum atomic E-state index is 0. The van der Waals surface area contributed by atoms with Crippen LogP contribution in [0.5, 0.6) is 0 Å². The van der Waals surface area contributed by atoms with E-state index in [1.807, 2.05) is 45.9 Å². The second-order valence-electron chi connectivity index (χ2n) is 6.84. The number of carbonyl (C=O) groups excluding carboxylic acids is 1. The van der Waals surface area contributed by atoms with E-state index >= 15 is 0 Å².